The van der Waals surface area contributed by atoms with Crippen molar-refractivity contribution in [2.24, 2.45) is 0 Å². The molecule has 0 saturated heterocycles. The van der Waals surface area contributed by atoms with E-state index in [-0.39, 0.29) is 17.2 Å². The van der Waals surface area contributed by atoms with Crippen LogP contribution in [0.4, 0.5) is 0 Å². The second-order valence-corrected chi connectivity index (χ2v) is 5.04. The van der Waals surface area contributed by atoms with Crippen molar-refractivity contribution >= 4 is 29.4 Å². The summed E-state index contributed by atoms with van der Waals surface area (Å²) < 4.78 is 9.94. The first kappa shape index (κ1) is 18.8. The molecule has 0 bridgehead atoms. The summed E-state index contributed by atoms with van der Waals surface area (Å²) in [6.45, 7) is 3.25. The summed E-state index contributed by atoms with van der Waals surface area (Å²) in [6.07, 6.45) is 0. The van der Waals surface area contributed by atoms with E-state index >= 15 is 0 Å². The Kier molecular flexibility index (Phi) is 7.34. The molecule has 0 aromatic heterocycles. The number of benzene rings is 1. The van der Waals surface area contributed by atoms with Crippen molar-refractivity contribution in [3.63, 3.8) is 0 Å². The van der Waals surface area contributed by atoms with Gasteiger partial charge in [-0.3, -0.25) is 9.59 Å². The van der Waals surface area contributed by atoms with Crippen LogP contribution in [-0.4, -0.2) is 44.1 Å². The minimum Gasteiger partial charge on any atom is -0.496 e. The number of carbonyl (C=O) groups is 3. The smallest absolute Gasteiger partial charge is 0.342 e. The van der Waals surface area contributed by atoms with Gasteiger partial charge in [0.2, 0.25) is 5.91 Å². The molecule has 1 rings (SSSR count). The number of methoxy groups -OCH3 is 1. The lowest BCUT2D eigenvalue weighted by Gasteiger charge is -2.13. The Bertz CT molecular complexity index is 591. The van der Waals surface area contributed by atoms with Gasteiger partial charge in [0, 0.05) is 11.6 Å². The summed E-state index contributed by atoms with van der Waals surface area (Å²) in [4.78, 5) is 35.2. The molecule has 1 aromatic rings. The molecule has 2 amide bonds. The van der Waals surface area contributed by atoms with Gasteiger partial charge in [-0.2, -0.15) is 0 Å². The van der Waals surface area contributed by atoms with E-state index in [2.05, 4.69) is 10.6 Å². The number of esters is 1. The zero-order chi connectivity index (χ0) is 17.4. The Morgan fingerprint density at radius 2 is 2.00 bits per heavy atom. The molecule has 1 aromatic carbocycles. The zero-order valence-electron chi connectivity index (χ0n) is 13.1. The maximum absolute atomic E-state index is 12.0. The molecule has 0 heterocycles. The highest BCUT2D eigenvalue weighted by molar-refractivity contribution is 6.31. The van der Waals surface area contributed by atoms with Crippen LogP contribution in [0.5, 0.6) is 5.75 Å². The summed E-state index contributed by atoms with van der Waals surface area (Å²) in [5, 5.41) is 5.34. The number of carbonyl (C=O) groups excluding carboxylic acids is 3. The molecule has 7 nitrogen and oxygen atoms in total. The van der Waals surface area contributed by atoms with E-state index in [4.69, 9.17) is 21.1 Å². The fourth-order valence-electron chi connectivity index (χ4n) is 1.72. The van der Waals surface area contributed by atoms with Gasteiger partial charge in [0.1, 0.15) is 17.4 Å². The molecule has 0 unspecified atom stereocenters. The fraction of sp³-hybridized carbons (Fsp3) is 0.400. The maximum atomic E-state index is 12.0. The average molecular weight is 343 g/mol. The van der Waals surface area contributed by atoms with Crippen LogP contribution in [0.25, 0.3) is 0 Å². The van der Waals surface area contributed by atoms with E-state index in [1.54, 1.807) is 13.0 Å². The van der Waals surface area contributed by atoms with Crippen LogP contribution in [0, 0.1) is 0 Å². The molecule has 0 aliphatic carbocycles. The molecule has 2 N–H and O–H groups in total. The minimum absolute atomic E-state index is 0.115. The van der Waals surface area contributed by atoms with Crippen LogP contribution < -0.4 is 15.4 Å². The summed E-state index contributed by atoms with van der Waals surface area (Å²) >= 11 is 5.83. The van der Waals surface area contributed by atoms with Crippen molar-refractivity contribution in [3.8, 4) is 5.75 Å². The first-order valence-electron chi connectivity index (χ1n) is 6.96. The predicted octanol–water partition coefficient (Wildman–Crippen LogP) is 1.15. The van der Waals surface area contributed by atoms with E-state index in [9.17, 15) is 14.4 Å². The molecule has 0 spiro atoms. The van der Waals surface area contributed by atoms with Crippen LogP contribution in [-0.2, 0) is 14.3 Å². The van der Waals surface area contributed by atoms with Gasteiger partial charge in [-0.05, 0) is 32.0 Å². The van der Waals surface area contributed by atoms with E-state index < -0.39 is 24.5 Å². The van der Waals surface area contributed by atoms with E-state index in [0.717, 1.165) is 0 Å². The number of amides is 2. The topological polar surface area (TPSA) is 93.7 Å². The number of hydrogen-bond donors (Lipinski definition) is 2. The highest BCUT2D eigenvalue weighted by Gasteiger charge is 2.18. The van der Waals surface area contributed by atoms with Crippen LogP contribution in [0.1, 0.15) is 24.2 Å². The molecule has 23 heavy (non-hydrogen) atoms. The number of ether oxygens (including phenoxy) is 2. The highest BCUT2D eigenvalue weighted by Crippen LogP contribution is 2.23. The quantitative estimate of drug-likeness (QED) is 0.725. The molecule has 8 heteroatoms. The largest absolute Gasteiger partial charge is 0.496 e. The molecule has 0 aliphatic rings. The van der Waals surface area contributed by atoms with Crippen LogP contribution in [0.3, 0.4) is 0 Å². The average Bonchev–Trinajstić information content (AvgIpc) is 2.52. The first-order valence-corrected chi connectivity index (χ1v) is 7.34. The first-order chi connectivity index (χ1) is 10.9. The SMILES string of the molecule is CCNC(=O)[C@H](C)NC(=O)COC(=O)c1cc(Cl)ccc1OC. The molecular weight excluding hydrogens is 324 g/mol. The zero-order valence-corrected chi connectivity index (χ0v) is 13.9. The Morgan fingerprint density at radius 1 is 1.30 bits per heavy atom. The molecule has 0 saturated carbocycles. The fourth-order valence-corrected chi connectivity index (χ4v) is 1.90. The lowest BCUT2D eigenvalue weighted by Crippen LogP contribution is -2.46. The van der Waals surface area contributed by atoms with Gasteiger partial charge >= 0.3 is 5.97 Å². The van der Waals surface area contributed by atoms with E-state index in [1.807, 2.05) is 0 Å². The summed E-state index contributed by atoms with van der Waals surface area (Å²) in [6, 6.07) is 3.76. The van der Waals surface area contributed by atoms with Crippen molar-refractivity contribution in [1.29, 1.82) is 0 Å². The van der Waals surface area contributed by atoms with Gasteiger partial charge in [-0.15, -0.1) is 0 Å². The van der Waals surface area contributed by atoms with Gasteiger partial charge in [0.05, 0.1) is 7.11 Å². The highest BCUT2D eigenvalue weighted by atomic mass is 35.5. The Morgan fingerprint density at radius 3 is 2.61 bits per heavy atom. The van der Waals surface area contributed by atoms with Gasteiger partial charge in [-0.25, -0.2) is 4.79 Å². The summed E-state index contributed by atoms with van der Waals surface area (Å²) in [5.41, 5.74) is 0.115. The van der Waals surface area contributed by atoms with Crippen molar-refractivity contribution in [2.45, 2.75) is 19.9 Å². The molecule has 1 atom stereocenters. The number of halogens is 1. The predicted molar refractivity (Wildman–Crippen MR) is 84.6 cm³/mol. The molecule has 0 radical (unpaired) electrons. The van der Waals surface area contributed by atoms with Gasteiger partial charge in [0.25, 0.3) is 5.91 Å². The van der Waals surface area contributed by atoms with Gasteiger partial charge in [-0.1, -0.05) is 11.6 Å². The third kappa shape index (κ3) is 5.78. The normalized spacial score (nSPS) is 11.3. The Labute approximate surface area is 139 Å². The van der Waals surface area contributed by atoms with Gasteiger partial charge in [0.15, 0.2) is 6.61 Å². The summed E-state index contributed by atoms with van der Waals surface area (Å²) in [7, 11) is 1.40. The molecule has 0 fully saturated rings. The number of likely N-dealkylation sites (N-methyl/N-ethyl adjacent to an activating group) is 1. The monoisotopic (exact) mass is 342 g/mol. The van der Waals surface area contributed by atoms with Crippen molar-refractivity contribution < 1.29 is 23.9 Å². The molecular formula is C15H19ClN2O5. The van der Waals surface area contributed by atoms with Crippen LogP contribution in [0.15, 0.2) is 18.2 Å². The number of nitrogens with one attached hydrogen (secondary N) is 2. The summed E-state index contributed by atoms with van der Waals surface area (Å²) in [5.74, 6) is -1.36. The lowest BCUT2D eigenvalue weighted by molar-refractivity contribution is -0.130. The molecule has 126 valence electrons. The van der Waals surface area contributed by atoms with Crippen molar-refractivity contribution in [2.75, 3.05) is 20.3 Å². The number of rotatable bonds is 7. The number of hydrogen-bond acceptors (Lipinski definition) is 5. The second-order valence-electron chi connectivity index (χ2n) is 4.60. The van der Waals surface area contributed by atoms with Crippen molar-refractivity contribution in [1.82, 2.24) is 10.6 Å². The lowest BCUT2D eigenvalue weighted by atomic mass is 10.2. The maximum Gasteiger partial charge on any atom is 0.342 e. The second kappa shape index (κ2) is 8.99. The van der Waals surface area contributed by atoms with Crippen LogP contribution in [0.2, 0.25) is 5.02 Å². The Hall–Kier alpha value is -2.28. The minimum atomic E-state index is -0.745. The van der Waals surface area contributed by atoms with E-state index in [1.165, 1.54) is 26.2 Å². The molecule has 0 aliphatic heterocycles. The third-order valence-electron chi connectivity index (χ3n) is 2.84. The standard InChI is InChI=1S/C15H19ClN2O5/c1-4-17-14(20)9(2)18-13(19)8-23-15(21)11-7-10(16)5-6-12(11)22-3/h5-7,9H,4,8H2,1-3H3,(H,17,20)(H,18,19)/t9-/m0/s1. The Balaban J connectivity index is 2.58. The van der Waals surface area contributed by atoms with Crippen molar-refractivity contribution in [3.05, 3.63) is 28.8 Å². The van der Waals surface area contributed by atoms with E-state index in [0.29, 0.717) is 11.6 Å². The third-order valence-corrected chi connectivity index (χ3v) is 3.07. The van der Waals surface area contributed by atoms with Crippen LogP contribution >= 0.6 is 11.6 Å². The van der Waals surface area contributed by atoms with Gasteiger partial charge < -0.3 is 20.1 Å².